The van der Waals surface area contributed by atoms with E-state index in [4.69, 9.17) is 16.9 Å². The van der Waals surface area contributed by atoms with Gasteiger partial charge in [0.1, 0.15) is 11.7 Å². The molecule has 1 aromatic rings. The number of carbonyl (C=O) groups excluding carboxylic acids is 1. The maximum atomic E-state index is 13.1. The van der Waals surface area contributed by atoms with Crippen LogP contribution in [-0.2, 0) is 0 Å². The minimum atomic E-state index is -0.848. The molecule has 0 aliphatic heterocycles. The number of halogens is 1. The minimum absolute atomic E-state index is 0.0394. The molecule has 0 spiro atoms. The summed E-state index contributed by atoms with van der Waals surface area (Å²) in [6, 6.07) is 2.90. The Morgan fingerprint density at radius 1 is 1.43 bits per heavy atom. The molecule has 1 aromatic carbocycles. The maximum absolute atomic E-state index is 13.1. The minimum Gasteiger partial charge on any atom is -0.384 e. The topological polar surface area (TPSA) is 105 Å². The van der Waals surface area contributed by atoms with Crippen LogP contribution in [0.1, 0.15) is 5.56 Å². The lowest BCUT2D eigenvalue weighted by Crippen LogP contribution is -2.20. The Hall–Kier alpha value is -2.11. The van der Waals surface area contributed by atoms with Gasteiger partial charge in [0, 0.05) is 5.56 Å². The number of nitrogens with one attached hydrogen (secondary N) is 2. The summed E-state index contributed by atoms with van der Waals surface area (Å²) in [6.07, 6.45) is 0. The molecule has 1 rings (SSSR count). The van der Waals surface area contributed by atoms with Gasteiger partial charge in [-0.1, -0.05) is 0 Å². The number of anilines is 1. The van der Waals surface area contributed by atoms with Crippen molar-refractivity contribution in [3.8, 4) is 0 Å². The number of carbonyl (C=O) groups is 1. The van der Waals surface area contributed by atoms with Crippen LogP contribution in [0.3, 0.4) is 0 Å². The van der Waals surface area contributed by atoms with Crippen molar-refractivity contribution in [2.45, 2.75) is 0 Å². The Labute approximate surface area is 79.4 Å². The zero-order valence-corrected chi connectivity index (χ0v) is 7.17. The standard InChI is InChI=1S/C8H9FN4O/c9-5-3-4(7(10)11)1-2-6(5)13-8(12)14/h1-3H,(H3,10,11)(H3,12,13,14). The van der Waals surface area contributed by atoms with Crippen molar-refractivity contribution in [3.05, 3.63) is 29.6 Å². The molecule has 0 saturated carbocycles. The van der Waals surface area contributed by atoms with Crippen LogP contribution < -0.4 is 16.8 Å². The average molecular weight is 196 g/mol. The molecule has 0 heterocycles. The van der Waals surface area contributed by atoms with Crippen molar-refractivity contribution in [1.82, 2.24) is 0 Å². The highest BCUT2D eigenvalue weighted by atomic mass is 19.1. The molecule has 6 heteroatoms. The normalized spacial score (nSPS) is 9.50. The maximum Gasteiger partial charge on any atom is 0.316 e. The third-order valence-electron chi connectivity index (χ3n) is 1.54. The van der Waals surface area contributed by atoms with Crippen molar-refractivity contribution in [3.63, 3.8) is 0 Å². The Morgan fingerprint density at radius 2 is 2.07 bits per heavy atom. The molecule has 0 fully saturated rings. The average Bonchev–Trinajstić information content (AvgIpc) is 2.07. The molecule has 6 N–H and O–H groups in total. The summed E-state index contributed by atoms with van der Waals surface area (Å²) in [7, 11) is 0. The Bertz CT molecular complexity index is 391. The molecule has 0 radical (unpaired) electrons. The van der Waals surface area contributed by atoms with Crippen molar-refractivity contribution in [2.75, 3.05) is 5.32 Å². The van der Waals surface area contributed by atoms with Gasteiger partial charge in [-0.2, -0.15) is 0 Å². The van der Waals surface area contributed by atoms with Gasteiger partial charge in [0.15, 0.2) is 0 Å². The summed E-state index contributed by atoms with van der Waals surface area (Å²) in [6.45, 7) is 0. The van der Waals surface area contributed by atoms with Crippen LogP contribution in [0.15, 0.2) is 18.2 Å². The Kier molecular flexibility index (Phi) is 2.66. The molecule has 74 valence electrons. The smallest absolute Gasteiger partial charge is 0.316 e. The highest BCUT2D eigenvalue weighted by molar-refractivity contribution is 5.96. The van der Waals surface area contributed by atoms with E-state index in [9.17, 15) is 9.18 Å². The third kappa shape index (κ3) is 2.19. The Morgan fingerprint density at radius 3 is 2.50 bits per heavy atom. The summed E-state index contributed by atoms with van der Waals surface area (Å²) < 4.78 is 13.1. The number of hydrogen-bond donors (Lipinski definition) is 4. The quantitative estimate of drug-likeness (QED) is 0.410. The number of benzene rings is 1. The van der Waals surface area contributed by atoms with Crippen LogP contribution in [-0.4, -0.2) is 11.9 Å². The molecule has 0 atom stereocenters. The van der Waals surface area contributed by atoms with Crippen LogP contribution in [0, 0.1) is 11.2 Å². The van der Waals surface area contributed by atoms with E-state index in [-0.39, 0.29) is 17.1 Å². The second-order valence-electron chi connectivity index (χ2n) is 2.60. The zero-order valence-electron chi connectivity index (χ0n) is 7.17. The second-order valence-corrected chi connectivity index (χ2v) is 2.60. The molecular weight excluding hydrogens is 187 g/mol. The predicted molar refractivity (Wildman–Crippen MR) is 50.6 cm³/mol. The first kappa shape index (κ1) is 9.97. The van der Waals surface area contributed by atoms with E-state index >= 15 is 0 Å². The second kappa shape index (κ2) is 3.73. The van der Waals surface area contributed by atoms with Crippen LogP contribution in [0.4, 0.5) is 14.9 Å². The SMILES string of the molecule is N=C(N)c1ccc(NC(N)=O)c(F)c1. The number of amidine groups is 1. The zero-order chi connectivity index (χ0) is 10.7. The molecule has 0 aliphatic carbocycles. The van der Waals surface area contributed by atoms with Crippen molar-refractivity contribution in [1.29, 1.82) is 5.41 Å². The summed E-state index contributed by atoms with van der Waals surface area (Å²) in [4.78, 5) is 10.4. The molecular formula is C8H9FN4O. The van der Waals surface area contributed by atoms with E-state index in [1.54, 1.807) is 0 Å². The summed E-state index contributed by atoms with van der Waals surface area (Å²) in [5, 5.41) is 9.13. The summed E-state index contributed by atoms with van der Waals surface area (Å²) in [5.74, 6) is -0.925. The van der Waals surface area contributed by atoms with Crippen LogP contribution >= 0.6 is 0 Å². The molecule has 14 heavy (non-hydrogen) atoms. The Balaban J connectivity index is 3.01. The van der Waals surface area contributed by atoms with Crippen molar-refractivity contribution >= 4 is 17.6 Å². The van der Waals surface area contributed by atoms with Crippen molar-refractivity contribution < 1.29 is 9.18 Å². The number of nitrogen functional groups attached to an aromatic ring is 1. The lowest BCUT2D eigenvalue weighted by atomic mass is 10.2. The summed E-state index contributed by atoms with van der Waals surface area (Å²) >= 11 is 0. The first-order valence-electron chi connectivity index (χ1n) is 3.71. The number of urea groups is 1. The van der Waals surface area contributed by atoms with Gasteiger partial charge in [0.05, 0.1) is 5.69 Å². The fourth-order valence-corrected chi connectivity index (χ4v) is 0.917. The van der Waals surface area contributed by atoms with E-state index in [0.29, 0.717) is 0 Å². The van der Waals surface area contributed by atoms with Gasteiger partial charge in [-0.05, 0) is 18.2 Å². The molecule has 2 amide bonds. The largest absolute Gasteiger partial charge is 0.384 e. The number of rotatable bonds is 2. The number of nitrogens with two attached hydrogens (primary N) is 2. The molecule has 0 saturated heterocycles. The fraction of sp³-hybridized carbons (Fsp3) is 0. The molecule has 0 unspecified atom stereocenters. The highest BCUT2D eigenvalue weighted by Crippen LogP contribution is 2.14. The molecule has 5 nitrogen and oxygen atoms in total. The van der Waals surface area contributed by atoms with E-state index in [1.807, 2.05) is 0 Å². The van der Waals surface area contributed by atoms with Crippen LogP contribution in [0.25, 0.3) is 0 Å². The van der Waals surface area contributed by atoms with Gasteiger partial charge in [-0.25, -0.2) is 9.18 Å². The first-order valence-corrected chi connectivity index (χ1v) is 3.71. The van der Waals surface area contributed by atoms with E-state index in [1.165, 1.54) is 12.1 Å². The van der Waals surface area contributed by atoms with E-state index < -0.39 is 11.8 Å². The predicted octanol–water partition coefficient (Wildman–Crippen LogP) is 0.600. The summed E-state index contributed by atoms with van der Waals surface area (Å²) in [5.41, 5.74) is 10.2. The van der Waals surface area contributed by atoms with Gasteiger partial charge in [0.25, 0.3) is 0 Å². The van der Waals surface area contributed by atoms with E-state index in [0.717, 1.165) is 6.07 Å². The number of amides is 2. The lowest BCUT2D eigenvalue weighted by Gasteiger charge is -2.04. The van der Waals surface area contributed by atoms with Crippen LogP contribution in [0.2, 0.25) is 0 Å². The molecule has 0 aliphatic rings. The van der Waals surface area contributed by atoms with Gasteiger partial charge in [0.2, 0.25) is 0 Å². The number of primary amides is 1. The van der Waals surface area contributed by atoms with Crippen molar-refractivity contribution in [2.24, 2.45) is 11.5 Å². The first-order chi connectivity index (χ1) is 6.50. The molecule has 0 bridgehead atoms. The van der Waals surface area contributed by atoms with Gasteiger partial charge in [-0.3, -0.25) is 5.41 Å². The highest BCUT2D eigenvalue weighted by Gasteiger charge is 2.06. The molecule has 0 aromatic heterocycles. The van der Waals surface area contributed by atoms with Crippen LogP contribution in [0.5, 0.6) is 0 Å². The number of hydrogen-bond acceptors (Lipinski definition) is 2. The third-order valence-corrected chi connectivity index (χ3v) is 1.54. The van der Waals surface area contributed by atoms with E-state index in [2.05, 4.69) is 5.32 Å². The van der Waals surface area contributed by atoms with Gasteiger partial charge < -0.3 is 16.8 Å². The van der Waals surface area contributed by atoms with Gasteiger partial charge in [-0.15, -0.1) is 0 Å². The van der Waals surface area contributed by atoms with Gasteiger partial charge >= 0.3 is 6.03 Å². The monoisotopic (exact) mass is 196 g/mol. The lowest BCUT2D eigenvalue weighted by molar-refractivity contribution is 0.259. The fourth-order valence-electron chi connectivity index (χ4n) is 0.917.